The van der Waals surface area contributed by atoms with Crippen molar-refractivity contribution in [1.29, 1.82) is 0 Å². The molecule has 0 aliphatic carbocycles. The summed E-state index contributed by atoms with van der Waals surface area (Å²) in [6, 6.07) is 11.6. The van der Waals surface area contributed by atoms with E-state index in [9.17, 15) is 14.4 Å². The number of para-hydroxylation sites is 1. The van der Waals surface area contributed by atoms with E-state index >= 15 is 0 Å². The minimum absolute atomic E-state index is 0.0949. The van der Waals surface area contributed by atoms with E-state index < -0.39 is 24.0 Å². The molecule has 1 aromatic heterocycles. The summed E-state index contributed by atoms with van der Waals surface area (Å²) in [5.74, 6) is -1.40. The zero-order valence-electron chi connectivity index (χ0n) is 18.8. The second-order valence-electron chi connectivity index (χ2n) is 7.39. The van der Waals surface area contributed by atoms with Gasteiger partial charge in [-0.05, 0) is 51.0 Å². The molecule has 172 valence electrons. The second kappa shape index (κ2) is 10.3. The van der Waals surface area contributed by atoms with E-state index in [-0.39, 0.29) is 23.1 Å². The third-order valence-electron chi connectivity index (χ3n) is 4.75. The van der Waals surface area contributed by atoms with Gasteiger partial charge >= 0.3 is 5.97 Å². The minimum Gasteiger partial charge on any atom is -0.481 e. The van der Waals surface area contributed by atoms with Gasteiger partial charge < -0.3 is 14.8 Å². The zero-order chi connectivity index (χ0) is 24.1. The monoisotopic (exact) mass is 469 g/mol. The van der Waals surface area contributed by atoms with E-state index in [1.54, 1.807) is 31.2 Å². The topological polar surface area (TPSA) is 99.5 Å². The molecule has 2 aromatic carbocycles. The summed E-state index contributed by atoms with van der Waals surface area (Å²) in [6.07, 6.45) is 0. The largest absolute Gasteiger partial charge is 0.481 e. The van der Waals surface area contributed by atoms with Crippen LogP contribution in [0.5, 0.6) is 5.75 Å². The van der Waals surface area contributed by atoms with Gasteiger partial charge in [-0.3, -0.25) is 9.59 Å². The summed E-state index contributed by atoms with van der Waals surface area (Å²) in [5, 5.41) is 7.19. The molecule has 9 heteroatoms. The highest BCUT2D eigenvalue weighted by Crippen LogP contribution is 2.23. The quantitative estimate of drug-likeness (QED) is 0.525. The average Bonchev–Trinajstić information content (AvgIpc) is 2.75. The summed E-state index contributed by atoms with van der Waals surface area (Å²) in [7, 11) is 0. The van der Waals surface area contributed by atoms with Crippen molar-refractivity contribution < 1.29 is 19.1 Å². The predicted molar refractivity (Wildman–Crippen MR) is 126 cm³/mol. The van der Waals surface area contributed by atoms with E-state index in [4.69, 9.17) is 21.1 Å². The fraction of sp³-hybridized carbons (Fsp3) is 0.250. The molecule has 0 saturated heterocycles. The lowest BCUT2D eigenvalue weighted by Crippen LogP contribution is -2.27. The molecule has 8 nitrogen and oxygen atoms in total. The second-order valence-corrected chi connectivity index (χ2v) is 7.80. The first kappa shape index (κ1) is 24.0. The Hall–Kier alpha value is -3.65. The Morgan fingerprint density at radius 2 is 1.76 bits per heavy atom. The van der Waals surface area contributed by atoms with Gasteiger partial charge in [-0.2, -0.15) is 9.78 Å². The Bertz CT molecular complexity index is 1250. The van der Waals surface area contributed by atoms with Crippen molar-refractivity contribution in [1.82, 2.24) is 9.78 Å². The third-order valence-corrected chi connectivity index (χ3v) is 5.07. The van der Waals surface area contributed by atoms with Crippen LogP contribution in [0.25, 0.3) is 5.69 Å². The summed E-state index contributed by atoms with van der Waals surface area (Å²) in [5.41, 5.74) is 3.07. The van der Waals surface area contributed by atoms with Gasteiger partial charge in [0, 0.05) is 5.69 Å². The number of amides is 1. The molecule has 1 amide bonds. The first-order valence-corrected chi connectivity index (χ1v) is 10.7. The van der Waals surface area contributed by atoms with Gasteiger partial charge in [0.15, 0.2) is 12.4 Å². The molecule has 0 aliphatic rings. The number of halogens is 1. The maximum absolute atomic E-state index is 12.7. The van der Waals surface area contributed by atoms with E-state index in [1.165, 1.54) is 0 Å². The van der Waals surface area contributed by atoms with Crippen molar-refractivity contribution in [3.8, 4) is 11.4 Å². The summed E-state index contributed by atoms with van der Waals surface area (Å²) in [4.78, 5) is 37.7. The molecule has 0 unspecified atom stereocenters. The van der Waals surface area contributed by atoms with Crippen LogP contribution in [-0.4, -0.2) is 34.9 Å². The molecule has 0 fully saturated rings. The number of nitrogens with one attached hydrogen (secondary N) is 1. The van der Waals surface area contributed by atoms with Gasteiger partial charge in [-0.25, -0.2) is 4.79 Å². The third kappa shape index (κ3) is 5.59. The predicted octanol–water partition coefficient (Wildman–Crippen LogP) is 4.01. The standard InChI is InChI=1S/C24H24ClN3O5/c1-5-32-24(31)23-19(12-21(30)28(27-23)18-9-7-6-8-17(18)25)33-13-20(29)26-22-15(3)10-14(2)11-16(22)4/h6-12H,5,13H2,1-4H3,(H,26,29). The molecule has 0 saturated carbocycles. The number of esters is 1. The van der Waals surface area contributed by atoms with E-state index in [2.05, 4.69) is 10.4 Å². The maximum Gasteiger partial charge on any atom is 0.362 e. The summed E-state index contributed by atoms with van der Waals surface area (Å²) < 4.78 is 11.6. The smallest absolute Gasteiger partial charge is 0.362 e. The van der Waals surface area contributed by atoms with Crippen LogP contribution in [0.15, 0.2) is 47.3 Å². The van der Waals surface area contributed by atoms with Crippen LogP contribution >= 0.6 is 11.6 Å². The highest BCUT2D eigenvalue weighted by molar-refractivity contribution is 6.32. The van der Waals surface area contributed by atoms with Crippen LogP contribution in [0.2, 0.25) is 5.02 Å². The number of ether oxygens (including phenoxy) is 2. The molecule has 1 heterocycles. The lowest BCUT2D eigenvalue weighted by molar-refractivity contribution is -0.118. The van der Waals surface area contributed by atoms with Crippen LogP contribution in [-0.2, 0) is 9.53 Å². The lowest BCUT2D eigenvalue weighted by Gasteiger charge is -2.15. The molecule has 1 N–H and O–H groups in total. The highest BCUT2D eigenvalue weighted by atomic mass is 35.5. The molecule has 33 heavy (non-hydrogen) atoms. The molecule has 3 rings (SSSR count). The Kier molecular flexibility index (Phi) is 7.50. The van der Waals surface area contributed by atoms with Gasteiger partial charge in [0.2, 0.25) is 5.69 Å². The number of anilines is 1. The van der Waals surface area contributed by atoms with Crippen LogP contribution in [0.1, 0.15) is 34.1 Å². The SMILES string of the molecule is CCOC(=O)c1nn(-c2ccccc2Cl)c(=O)cc1OCC(=O)Nc1c(C)cc(C)cc1C. The molecule has 0 bridgehead atoms. The number of hydrogen-bond donors (Lipinski definition) is 1. The van der Waals surface area contributed by atoms with Crippen molar-refractivity contribution in [2.75, 3.05) is 18.5 Å². The van der Waals surface area contributed by atoms with Gasteiger partial charge in [-0.15, -0.1) is 0 Å². The lowest BCUT2D eigenvalue weighted by atomic mass is 10.1. The number of benzene rings is 2. The first-order valence-electron chi connectivity index (χ1n) is 10.3. The van der Waals surface area contributed by atoms with Crippen molar-refractivity contribution >= 4 is 29.2 Å². The Labute approximate surface area is 196 Å². The molecule has 3 aromatic rings. The Morgan fingerprint density at radius 3 is 2.39 bits per heavy atom. The van der Waals surface area contributed by atoms with Gasteiger partial charge in [0.25, 0.3) is 11.5 Å². The zero-order valence-corrected chi connectivity index (χ0v) is 19.5. The number of carbonyl (C=O) groups excluding carboxylic acids is 2. The number of rotatable bonds is 7. The number of hydrogen-bond acceptors (Lipinski definition) is 6. The van der Waals surface area contributed by atoms with Gasteiger partial charge in [0.05, 0.1) is 23.4 Å². The van der Waals surface area contributed by atoms with Crippen LogP contribution in [0.3, 0.4) is 0 Å². The van der Waals surface area contributed by atoms with Crippen molar-refractivity contribution in [2.24, 2.45) is 0 Å². The number of carbonyl (C=O) groups is 2. The number of aryl methyl sites for hydroxylation is 3. The molecule has 0 spiro atoms. The van der Waals surface area contributed by atoms with Gasteiger partial charge in [0.1, 0.15) is 0 Å². The fourth-order valence-electron chi connectivity index (χ4n) is 3.38. The fourth-order valence-corrected chi connectivity index (χ4v) is 3.60. The minimum atomic E-state index is -0.793. The van der Waals surface area contributed by atoms with Crippen molar-refractivity contribution in [3.63, 3.8) is 0 Å². The van der Waals surface area contributed by atoms with Gasteiger partial charge in [-0.1, -0.05) is 41.4 Å². The van der Waals surface area contributed by atoms with Crippen molar-refractivity contribution in [3.05, 3.63) is 80.2 Å². The average molecular weight is 470 g/mol. The van der Waals surface area contributed by atoms with E-state index in [0.717, 1.165) is 27.4 Å². The Balaban J connectivity index is 1.88. The maximum atomic E-state index is 12.7. The molecular formula is C24H24ClN3O5. The molecule has 0 aliphatic heterocycles. The Morgan fingerprint density at radius 1 is 1.09 bits per heavy atom. The normalized spacial score (nSPS) is 10.6. The van der Waals surface area contributed by atoms with E-state index in [0.29, 0.717) is 11.4 Å². The summed E-state index contributed by atoms with van der Waals surface area (Å²) in [6.45, 7) is 7.07. The van der Waals surface area contributed by atoms with Crippen molar-refractivity contribution in [2.45, 2.75) is 27.7 Å². The molecular weight excluding hydrogens is 446 g/mol. The first-order chi connectivity index (χ1) is 15.7. The molecule has 0 radical (unpaired) electrons. The number of aromatic nitrogens is 2. The van der Waals surface area contributed by atoms with Crippen LogP contribution in [0, 0.1) is 20.8 Å². The number of nitrogens with zero attached hydrogens (tertiary/aromatic N) is 2. The van der Waals surface area contributed by atoms with E-state index in [1.807, 2.05) is 32.9 Å². The highest BCUT2D eigenvalue weighted by Gasteiger charge is 2.21. The van der Waals surface area contributed by atoms with Crippen LogP contribution in [0.4, 0.5) is 5.69 Å². The molecule has 0 atom stereocenters. The summed E-state index contributed by atoms with van der Waals surface area (Å²) >= 11 is 6.18. The van der Waals surface area contributed by atoms with Crippen LogP contribution < -0.4 is 15.6 Å².